The number of phenols is 1. The predicted molar refractivity (Wildman–Crippen MR) is 87.1 cm³/mol. The van der Waals surface area contributed by atoms with Gasteiger partial charge in [-0.3, -0.25) is 4.79 Å². The number of nitrogens with zero attached hydrogens (tertiary/aromatic N) is 1. The highest BCUT2D eigenvalue weighted by Crippen LogP contribution is 2.20. The van der Waals surface area contributed by atoms with Crippen LogP contribution in [0, 0.1) is 6.92 Å². The van der Waals surface area contributed by atoms with Crippen molar-refractivity contribution in [3.8, 4) is 5.75 Å². The van der Waals surface area contributed by atoms with E-state index in [0.29, 0.717) is 16.1 Å². The number of carbonyl (C=O) groups is 1. The summed E-state index contributed by atoms with van der Waals surface area (Å²) in [6, 6.07) is 9.95. The van der Waals surface area contributed by atoms with Crippen LogP contribution < -0.4 is 5.43 Å². The maximum absolute atomic E-state index is 11.9. The summed E-state index contributed by atoms with van der Waals surface area (Å²) in [6.07, 6.45) is 1.37. The molecule has 0 bridgehead atoms. The molecule has 0 aromatic heterocycles. The third kappa shape index (κ3) is 4.06. The molecule has 0 radical (unpaired) electrons. The van der Waals surface area contributed by atoms with Crippen LogP contribution in [0.5, 0.6) is 5.75 Å². The van der Waals surface area contributed by atoms with Gasteiger partial charge in [-0.25, -0.2) is 5.43 Å². The second-order valence-corrected chi connectivity index (χ2v) is 5.69. The van der Waals surface area contributed by atoms with Gasteiger partial charge in [0, 0.05) is 20.6 Å². The van der Waals surface area contributed by atoms with E-state index in [4.69, 9.17) is 11.6 Å². The van der Waals surface area contributed by atoms with Crippen LogP contribution in [-0.4, -0.2) is 17.2 Å². The molecule has 108 valence electrons. The zero-order valence-electron chi connectivity index (χ0n) is 11.1. The van der Waals surface area contributed by atoms with Crippen molar-refractivity contribution in [1.82, 2.24) is 5.43 Å². The standard InChI is InChI=1S/C15H12BrClN2O2/c1-9-2-3-10(7-13(9)17)15(21)19-18-8-11-6-12(16)4-5-14(11)20/h2-8,20H,1H3,(H,19,21)/b18-8-. The Bertz CT molecular complexity index is 717. The predicted octanol–water partition coefficient (Wildman–Crippen LogP) is 3.88. The maximum atomic E-state index is 11.9. The molecule has 0 unspecified atom stereocenters. The van der Waals surface area contributed by atoms with Gasteiger partial charge >= 0.3 is 0 Å². The Kier molecular flexibility index (Phi) is 4.98. The molecule has 0 saturated heterocycles. The van der Waals surface area contributed by atoms with Crippen molar-refractivity contribution in [2.24, 2.45) is 5.10 Å². The molecule has 4 nitrogen and oxygen atoms in total. The highest BCUT2D eigenvalue weighted by molar-refractivity contribution is 9.10. The number of halogens is 2. The molecule has 2 rings (SSSR count). The van der Waals surface area contributed by atoms with Gasteiger partial charge in [-0.1, -0.05) is 33.6 Å². The van der Waals surface area contributed by atoms with Crippen LogP contribution in [0.2, 0.25) is 5.02 Å². The van der Waals surface area contributed by atoms with Gasteiger partial charge < -0.3 is 5.11 Å². The van der Waals surface area contributed by atoms with Gasteiger partial charge in [-0.2, -0.15) is 5.10 Å². The van der Waals surface area contributed by atoms with Gasteiger partial charge in [0.05, 0.1) is 6.21 Å². The average molecular weight is 368 g/mol. The van der Waals surface area contributed by atoms with Gasteiger partial charge in [0.2, 0.25) is 0 Å². The highest BCUT2D eigenvalue weighted by atomic mass is 79.9. The van der Waals surface area contributed by atoms with E-state index in [1.807, 2.05) is 6.92 Å². The van der Waals surface area contributed by atoms with Crippen molar-refractivity contribution < 1.29 is 9.90 Å². The quantitative estimate of drug-likeness (QED) is 0.639. The molecule has 0 aliphatic heterocycles. The van der Waals surface area contributed by atoms with Crippen LogP contribution in [-0.2, 0) is 0 Å². The number of rotatable bonds is 3. The highest BCUT2D eigenvalue weighted by Gasteiger charge is 2.06. The number of nitrogens with one attached hydrogen (secondary N) is 1. The molecule has 0 spiro atoms. The molecule has 0 saturated carbocycles. The third-order valence-corrected chi connectivity index (χ3v) is 3.69. The molecule has 2 N–H and O–H groups in total. The van der Waals surface area contributed by atoms with Crippen molar-refractivity contribution in [1.29, 1.82) is 0 Å². The van der Waals surface area contributed by atoms with Crippen molar-refractivity contribution in [2.75, 3.05) is 0 Å². The monoisotopic (exact) mass is 366 g/mol. The van der Waals surface area contributed by atoms with E-state index in [0.717, 1.165) is 10.0 Å². The molecule has 1 amide bonds. The fraction of sp³-hybridized carbons (Fsp3) is 0.0667. The summed E-state index contributed by atoms with van der Waals surface area (Å²) in [7, 11) is 0. The first kappa shape index (κ1) is 15.5. The third-order valence-electron chi connectivity index (χ3n) is 2.79. The normalized spacial score (nSPS) is 10.8. The summed E-state index contributed by atoms with van der Waals surface area (Å²) < 4.78 is 0.804. The van der Waals surface area contributed by atoms with E-state index in [1.54, 1.807) is 30.3 Å². The number of carbonyl (C=O) groups excluding carboxylic acids is 1. The second kappa shape index (κ2) is 6.74. The zero-order chi connectivity index (χ0) is 15.4. The fourth-order valence-corrected chi connectivity index (χ4v) is 2.15. The van der Waals surface area contributed by atoms with Gasteiger partial charge in [0.15, 0.2) is 0 Å². The van der Waals surface area contributed by atoms with E-state index in [9.17, 15) is 9.90 Å². The number of phenolic OH excluding ortho intramolecular Hbond substituents is 1. The molecule has 0 aliphatic rings. The minimum atomic E-state index is -0.373. The molecule has 0 heterocycles. The molecule has 2 aromatic carbocycles. The fourth-order valence-electron chi connectivity index (χ4n) is 1.59. The number of hydrazone groups is 1. The Labute approximate surface area is 135 Å². The van der Waals surface area contributed by atoms with Crippen LogP contribution in [0.4, 0.5) is 0 Å². The summed E-state index contributed by atoms with van der Waals surface area (Å²) >= 11 is 9.26. The number of hydrogen-bond acceptors (Lipinski definition) is 3. The first-order chi connectivity index (χ1) is 9.97. The smallest absolute Gasteiger partial charge is 0.271 e. The lowest BCUT2D eigenvalue weighted by Gasteiger charge is -2.03. The zero-order valence-corrected chi connectivity index (χ0v) is 13.4. The van der Waals surface area contributed by atoms with Crippen molar-refractivity contribution >= 4 is 39.7 Å². The summed E-state index contributed by atoms with van der Waals surface area (Å²) in [6.45, 7) is 1.86. The van der Waals surface area contributed by atoms with E-state index < -0.39 is 0 Å². The molecule has 0 aliphatic carbocycles. The van der Waals surface area contributed by atoms with Gasteiger partial charge in [-0.15, -0.1) is 0 Å². The summed E-state index contributed by atoms with van der Waals surface area (Å²) in [5, 5.41) is 14.0. The van der Waals surface area contributed by atoms with E-state index >= 15 is 0 Å². The Morgan fingerprint density at radius 2 is 2.10 bits per heavy atom. The Morgan fingerprint density at radius 1 is 1.33 bits per heavy atom. The van der Waals surface area contributed by atoms with Crippen LogP contribution in [0.25, 0.3) is 0 Å². The first-order valence-corrected chi connectivity index (χ1v) is 7.22. The van der Waals surface area contributed by atoms with E-state index in [1.165, 1.54) is 12.3 Å². The SMILES string of the molecule is Cc1ccc(C(=O)N/N=C\c2cc(Br)ccc2O)cc1Cl. The summed E-state index contributed by atoms with van der Waals surface area (Å²) in [5.74, 6) is -0.294. The topological polar surface area (TPSA) is 61.7 Å². The van der Waals surface area contributed by atoms with Crippen LogP contribution >= 0.6 is 27.5 Å². The summed E-state index contributed by atoms with van der Waals surface area (Å²) in [4.78, 5) is 11.9. The van der Waals surface area contributed by atoms with Crippen LogP contribution in [0.1, 0.15) is 21.5 Å². The van der Waals surface area contributed by atoms with Crippen molar-refractivity contribution in [3.05, 3.63) is 62.6 Å². The molecule has 2 aromatic rings. The molecule has 21 heavy (non-hydrogen) atoms. The van der Waals surface area contributed by atoms with Gasteiger partial charge in [0.25, 0.3) is 5.91 Å². The van der Waals surface area contributed by atoms with Crippen LogP contribution in [0.15, 0.2) is 46.0 Å². The number of aryl methyl sites for hydroxylation is 1. The number of aromatic hydroxyl groups is 1. The molecule has 0 atom stereocenters. The van der Waals surface area contributed by atoms with Gasteiger partial charge in [-0.05, 0) is 42.8 Å². The minimum absolute atomic E-state index is 0.0783. The maximum Gasteiger partial charge on any atom is 0.271 e. The first-order valence-electron chi connectivity index (χ1n) is 6.05. The van der Waals surface area contributed by atoms with E-state index in [2.05, 4.69) is 26.5 Å². The van der Waals surface area contributed by atoms with Crippen molar-refractivity contribution in [3.63, 3.8) is 0 Å². The largest absolute Gasteiger partial charge is 0.507 e. The number of benzene rings is 2. The van der Waals surface area contributed by atoms with Crippen molar-refractivity contribution in [2.45, 2.75) is 6.92 Å². The number of hydrogen-bond donors (Lipinski definition) is 2. The summed E-state index contributed by atoms with van der Waals surface area (Å²) in [5.41, 5.74) is 4.20. The second-order valence-electron chi connectivity index (χ2n) is 4.37. The Morgan fingerprint density at radius 3 is 2.81 bits per heavy atom. The molecule has 0 fully saturated rings. The van der Waals surface area contributed by atoms with Crippen LogP contribution in [0.3, 0.4) is 0 Å². The minimum Gasteiger partial charge on any atom is -0.507 e. The molecular formula is C15H12BrClN2O2. The Hall–Kier alpha value is -1.85. The van der Waals surface area contributed by atoms with Gasteiger partial charge in [0.1, 0.15) is 5.75 Å². The number of amides is 1. The molecule has 6 heteroatoms. The Balaban J connectivity index is 2.08. The van der Waals surface area contributed by atoms with E-state index in [-0.39, 0.29) is 11.7 Å². The molecular weight excluding hydrogens is 356 g/mol. The lowest BCUT2D eigenvalue weighted by molar-refractivity contribution is 0.0955. The lowest BCUT2D eigenvalue weighted by atomic mass is 10.1. The lowest BCUT2D eigenvalue weighted by Crippen LogP contribution is -2.17. The average Bonchev–Trinajstić information content (AvgIpc) is 2.45.